The SMILES string of the molecule is Nc1ccc(-c2cccc(Nc3nc4c(s3)CCCC4O)c2OC2CCC2)cc1. The van der Waals surface area contributed by atoms with Crippen molar-refractivity contribution in [3.63, 3.8) is 0 Å². The zero-order chi connectivity index (χ0) is 19.8. The van der Waals surface area contributed by atoms with Crippen molar-refractivity contribution in [1.29, 1.82) is 0 Å². The molecule has 0 saturated heterocycles. The second-order valence-electron chi connectivity index (χ2n) is 7.84. The van der Waals surface area contributed by atoms with E-state index in [1.54, 1.807) is 11.3 Å². The van der Waals surface area contributed by atoms with Crippen molar-refractivity contribution in [2.75, 3.05) is 11.1 Å². The minimum Gasteiger partial charge on any atom is -0.488 e. The lowest BCUT2D eigenvalue weighted by Gasteiger charge is -2.29. The molecule has 2 aliphatic carbocycles. The summed E-state index contributed by atoms with van der Waals surface area (Å²) in [4.78, 5) is 5.86. The van der Waals surface area contributed by atoms with Crippen molar-refractivity contribution >= 4 is 27.8 Å². The van der Waals surface area contributed by atoms with Crippen molar-refractivity contribution in [3.05, 3.63) is 53.0 Å². The van der Waals surface area contributed by atoms with Crippen LogP contribution in [0, 0.1) is 0 Å². The van der Waals surface area contributed by atoms with Crippen LogP contribution in [0.5, 0.6) is 5.75 Å². The molecule has 0 aliphatic heterocycles. The van der Waals surface area contributed by atoms with Gasteiger partial charge in [0.15, 0.2) is 10.9 Å². The van der Waals surface area contributed by atoms with E-state index in [0.717, 1.165) is 71.2 Å². The summed E-state index contributed by atoms with van der Waals surface area (Å²) in [6.45, 7) is 0. The lowest BCUT2D eigenvalue weighted by Crippen LogP contribution is -2.25. The summed E-state index contributed by atoms with van der Waals surface area (Å²) in [5, 5.41) is 14.5. The fourth-order valence-corrected chi connectivity index (χ4v) is 4.94. The summed E-state index contributed by atoms with van der Waals surface area (Å²) in [5.74, 6) is 0.857. The van der Waals surface area contributed by atoms with Gasteiger partial charge in [-0.2, -0.15) is 0 Å². The van der Waals surface area contributed by atoms with Crippen LogP contribution in [-0.4, -0.2) is 16.2 Å². The van der Waals surface area contributed by atoms with Crippen LogP contribution in [0.2, 0.25) is 0 Å². The number of aromatic nitrogens is 1. The summed E-state index contributed by atoms with van der Waals surface area (Å²) < 4.78 is 6.43. The third kappa shape index (κ3) is 3.70. The number of fused-ring (bicyclic) bond motifs is 1. The van der Waals surface area contributed by atoms with Crippen LogP contribution < -0.4 is 15.8 Å². The molecule has 0 bridgehead atoms. The highest BCUT2D eigenvalue weighted by Crippen LogP contribution is 2.42. The zero-order valence-corrected chi connectivity index (χ0v) is 17.0. The van der Waals surface area contributed by atoms with Crippen molar-refractivity contribution in [1.82, 2.24) is 4.98 Å². The number of nitrogen functional groups attached to an aromatic ring is 1. The van der Waals surface area contributed by atoms with Crippen LogP contribution >= 0.6 is 11.3 Å². The average molecular weight is 408 g/mol. The maximum absolute atomic E-state index is 10.3. The Hall–Kier alpha value is -2.57. The van der Waals surface area contributed by atoms with Crippen LogP contribution in [0.4, 0.5) is 16.5 Å². The maximum Gasteiger partial charge on any atom is 0.187 e. The van der Waals surface area contributed by atoms with E-state index in [1.807, 2.05) is 36.4 Å². The van der Waals surface area contributed by atoms with Crippen molar-refractivity contribution in [2.45, 2.75) is 50.7 Å². The molecule has 0 spiro atoms. The lowest BCUT2D eigenvalue weighted by molar-refractivity contribution is 0.122. The minimum atomic E-state index is -0.447. The largest absolute Gasteiger partial charge is 0.488 e. The molecule has 1 unspecified atom stereocenters. The number of aliphatic hydroxyl groups is 1. The predicted octanol–water partition coefficient (Wildman–Crippen LogP) is 5.44. The van der Waals surface area contributed by atoms with E-state index in [9.17, 15) is 5.11 Å². The minimum absolute atomic E-state index is 0.261. The van der Waals surface area contributed by atoms with Gasteiger partial charge < -0.3 is 20.9 Å². The number of rotatable bonds is 5. The molecule has 1 saturated carbocycles. The van der Waals surface area contributed by atoms with Crippen LogP contribution in [0.15, 0.2) is 42.5 Å². The number of aliphatic hydroxyl groups excluding tert-OH is 1. The van der Waals surface area contributed by atoms with Crippen molar-refractivity contribution in [2.24, 2.45) is 0 Å². The second-order valence-corrected chi connectivity index (χ2v) is 8.92. The Labute approximate surface area is 174 Å². The molecule has 1 heterocycles. The molecule has 0 amide bonds. The summed E-state index contributed by atoms with van der Waals surface area (Å²) in [6.07, 6.45) is 6.00. The van der Waals surface area contributed by atoms with Crippen molar-refractivity contribution in [3.8, 4) is 16.9 Å². The van der Waals surface area contributed by atoms with Gasteiger partial charge in [0.05, 0.1) is 23.6 Å². The van der Waals surface area contributed by atoms with Gasteiger partial charge in [-0.1, -0.05) is 24.3 Å². The third-order valence-corrected chi connectivity index (χ3v) is 6.79. The number of hydrogen-bond donors (Lipinski definition) is 3. The first-order valence-electron chi connectivity index (χ1n) is 10.3. The summed E-state index contributed by atoms with van der Waals surface area (Å²) >= 11 is 1.63. The van der Waals surface area contributed by atoms with Gasteiger partial charge in [-0.05, 0) is 62.3 Å². The normalized spacial score (nSPS) is 18.7. The van der Waals surface area contributed by atoms with Crippen molar-refractivity contribution < 1.29 is 9.84 Å². The molecule has 4 N–H and O–H groups in total. The first-order valence-corrected chi connectivity index (χ1v) is 11.1. The lowest BCUT2D eigenvalue weighted by atomic mass is 9.95. The highest BCUT2D eigenvalue weighted by molar-refractivity contribution is 7.15. The molecular formula is C23H25N3O2S. The smallest absolute Gasteiger partial charge is 0.187 e. The molecule has 29 heavy (non-hydrogen) atoms. The molecule has 3 aromatic rings. The Morgan fingerprint density at radius 3 is 2.62 bits per heavy atom. The molecule has 5 rings (SSSR count). The highest BCUT2D eigenvalue weighted by Gasteiger charge is 2.25. The van der Waals surface area contributed by atoms with Gasteiger partial charge in [0.2, 0.25) is 0 Å². The summed E-state index contributed by atoms with van der Waals surface area (Å²) in [7, 11) is 0. The number of nitrogens with zero attached hydrogens (tertiary/aromatic N) is 1. The first kappa shape index (κ1) is 18.5. The quantitative estimate of drug-likeness (QED) is 0.491. The Balaban J connectivity index is 1.51. The number of hydrogen-bond acceptors (Lipinski definition) is 6. The summed E-state index contributed by atoms with van der Waals surface area (Å²) in [5.41, 5.74) is 10.5. The van der Waals surface area contributed by atoms with Crippen LogP contribution in [-0.2, 0) is 6.42 Å². The van der Waals surface area contributed by atoms with Crippen LogP contribution in [0.25, 0.3) is 11.1 Å². The second kappa shape index (κ2) is 7.69. The molecule has 150 valence electrons. The van der Waals surface area contributed by atoms with Gasteiger partial charge in [0.25, 0.3) is 0 Å². The van der Waals surface area contributed by atoms with Gasteiger partial charge in [0.1, 0.15) is 0 Å². The van der Waals surface area contributed by atoms with Crippen LogP contribution in [0.1, 0.15) is 48.8 Å². The Kier molecular flexibility index (Phi) is 4.89. The summed E-state index contributed by atoms with van der Waals surface area (Å²) in [6, 6.07) is 14.0. The number of thiazole rings is 1. The van der Waals surface area contributed by atoms with E-state index >= 15 is 0 Å². The molecule has 6 heteroatoms. The van der Waals surface area contributed by atoms with Gasteiger partial charge >= 0.3 is 0 Å². The average Bonchev–Trinajstić information content (AvgIpc) is 3.10. The van der Waals surface area contributed by atoms with E-state index < -0.39 is 6.10 Å². The maximum atomic E-state index is 10.3. The molecule has 1 fully saturated rings. The molecule has 2 aromatic carbocycles. The number of nitrogens with one attached hydrogen (secondary N) is 1. The first-order chi connectivity index (χ1) is 14.2. The monoisotopic (exact) mass is 407 g/mol. The van der Waals surface area contributed by atoms with Gasteiger partial charge in [-0.15, -0.1) is 11.3 Å². The molecule has 0 radical (unpaired) electrons. The van der Waals surface area contributed by atoms with E-state index in [1.165, 1.54) is 11.3 Å². The number of ether oxygens (including phenoxy) is 1. The standard InChI is InChI=1S/C23H25N3O2S/c24-15-12-10-14(11-13-15)17-6-2-7-18(22(17)28-16-4-1-5-16)25-23-26-21-19(27)8-3-9-20(21)29-23/h2,6-7,10-13,16,19,27H,1,3-5,8-9,24H2,(H,25,26). The number of benzene rings is 2. The van der Waals surface area contributed by atoms with E-state index in [-0.39, 0.29) is 6.10 Å². The number of anilines is 3. The highest BCUT2D eigenvalue weighted by atomic mass is 32.1. The Morgan fingerprint density at radius 2 is 1.90 bits per heavy atom. The van der Waals surface area contributed by atoms with E-state index in [2.05, 4.69) is 16.4 Å². The molecule has 5 nitrogen and oxygen atoms in total. The molecule has 1 aromatic heterocycles. The fraction of sp³-hybridized carbons (Fsp3) is 0.348. The van der Waals surface area contributed by atoms with E-state index in [0.29, 0.717) is 0 Å². The van der Waals surface area contributed by atoms with Gasteiger partial charge in [-0.3, -0.25) is 0 Å². The predicted molar refractivity (Wildman–Crippen MR) is 118 cm³/mol. The zero-order valence-electron chi connectivity index (χ0n) is 16.2. The molecular weight excluding hydrogens is 382 g/mol. The Morgan fingerprint density at radius 1 is 1.07 bits per heavy atom. The Bertz CT molecular complexity index is 1010. The third-order valence-electron chi connectivity index (χ3n) is 5.74. The topological polar surface area (TPSA) is 80.4 Å². The number of nitrogens with two attached hydrogens (primary N) is 1. The molecule has 1 atom stereocenters. The number of aryl methyl sites for hydroxylation is 1. The van der Waals surface area contributed by atoms with Gasteiger partial charge in [-0.25, -0.2) is 4.98 Å². The molecule has 2 aliphatic rings. The fourth-order valence-electron chi connectivity index (χ4n) is 3.87. The van der Waals surface area contributed by atoms with E-state index in [4.69, 9.17) is 10.5 Å². The number of para-hydroxylation sites is 1. The van der Waals surface area contributed by atoms with Gasteiger partial charge in [0, 0.05) is 16.1 Å². The van der Waals surface area contributed by atoms with Crippen LogP contribution in [0.3, 0.4) is 0 Å².